The molecule has 33 heavy (non-hydrogen) atoms. The maximum atomic E-state index is 6.38. The molecular weight excluding hydrogens is 424 g/mol. The van der Waals surface area contributed by atoms with Crippen LogP contribution in [0.15, 0.2) is 52.9 Å². The van der Waals surface area contributed by atoms with Gasteiger partial charge in [0.2, 0.25) is 0 Å². The van der Waals surface area contributed by atoms with Crippen LogP contribution < -0.4 is 28.4 Å². The Bertz CT molecular complexity index is 1290. The predicted molar refractivity (Wildman–Crippen MR) is 126 cm³/mol. The number of furan rings is 1. The summed E-state index contributed by atoms with van der Waals surface area (Å²) >= 11 is 0. The first-order valence-electron chi connectivity index (χ1n) is 10.2. The van der Waals surface area contributed by atoms with Gasteiger partial charge in [0.25, 0.3) is 0 Å². The molecule has 4 rings (SSSR count). The fourth-order valence-electron chi connectivity index (χ4n) is 3.88. The van der Waals surface area contributed by atoms with Crippen LogP contribution in [0.25, 0.3) is 33.4 Å². The summed E-state index contributed by atoms with van der Waals surface area (Å²) in [4.78, 5) is 0. The Balaban J connectivity index is 2.04. The van der Waals surface area contributed by atoms with Crippen molar-refractivity contribution in [1.29, 1.82) is 0 Å². The summed E-state index contributed by atoms with van der Waals surface area (Å²) in [6.07, 6.45) is 0. The highest BCUT2D eigenvalue weighted by Gasteiger charge is 2.22. The summed E-state index contributed by atoms with van der Waals surface area (Å²) in [6.45, 7) is 0. The van der Waals surface area contributed by atoms with Gasteiger partial charge in [-0.05, 0) is 42.0 Å². The van der Waals surface area contributed by atoms with E-state index in [0.29, 0.717) is 45.8 Å². The molecule has 7 nitrogen and oxygen atoms in total. The molecule has 0 atom stereocenters. The summed E-state index contributed by atoms with van der Waals surface area (Å²) in [7, 11) is 9.62. The van der Waals surface area contributed by atoms with Crippen LogP contribution in [-0.2, 0) is 0 Å². The van der Waals surface area contributed by atoms with E-state index >= 15 is 0 Å². The number of fused-ring (bicyclic) bond motifs is 1. The zero-order valence-electron chi connectivity index (χ0n) is 19.5. The molecule has 1 heterocycles. The molecule has 0 aliphatic heterocycles. The quantitative estimate of drug-likeness (QED) is 0.335. The van der Waals surface area contributed by atoms with E-state index in [-0.39, 0.29) is 0 Å². The standard InChI is InChI=1S/C26H26O7/c1-27-18-9-7-15(11-21(18)29-3)25-17-13-23(31-5)24(32-6)14-20(17)33-26(25)16-8-10-19(28-2)22(12-16)30-4/h7-14H,1-6H3. The fraction of sp³-hybridized carbons (Fsp3) is 0.231. The second-order valence-corrected chi connectivity index (χ2v) is 7.15. The van der Waals surface area contributed by atoms with Crippen LogP contribution in [0, 0.1) is 0 Å². The Morgan fingerprint density at radius 2 is 0.939 bits per heavy atom. The maximum Gasteiger partial charge on any atom is 0.164 e. The molecule has 0 radical (unpaired) electrons. The van der Waals surface area contributed by atoms with Crippen LogP contribution in [-0.4, -0.2) is 42.7 Å². The third-order valence-corrected chi connectivity index (χ3v) is 5.51. The van der Waals surface area contributed by atoms with Gasteiger partial charge in [-0.2, -0.15) is 0 Å². The summed E-state index contributed by atoms with van der Waals surface area (Å²) in [5, 5.41) is 0.865. The normalized spacial score (nSPS) is 10.7. The molecule has 0 aliphatic carbocycles. The second-order valence-electron chi connectivity index (χ2n) is 7.15. The molecule has 0 N–H and O–H groups in total. The van der Waals surface area contributed by atoms with Gasteiger partial charge in [0.05, 0.1) is 42.7 Å². The molecule has 0 saturated carbocycles. The summed E-state index contributed by atoms with van der Waals surface area (Å²) in [6, 6.07) is 15.1. The van der Waals surface area contributed by atoms with Gasteiger partial charge in [0.1, 0.15) is 11.3 Å². The molecular formula is C26H26O7. The van der Waals surface area contributed by atoms with E-state index in [4.69, 9.17) is 32.8 Å². The van der Waals surface area contributed by atoms with Crippen molar-refractivity contribution < 1.29 is 32.8 Å². The SMILES string of the molecule is COc1ccc(-c2oc3cc(OC)c(OC)cc3c2-c2ccc(OC)c(OC)c2)cc1OC. The van der Waals surface area contributed by atoms with E-state index in [1.165, 1.54) is 0 Å². The Morgan fingerprint density at radius 1 is 0.485 bits per heavy atom. The molecule has 1 aromatic heterocycles. The highest BCUT2D eigenvalue weighted by atomic mass is 16.5. The van der Waals surface area contributed by atoms with E-state index in [0.717, 1.165) is 22.1 Å². The van der Waals surface area contributed by atoms with Crippen molar-refractivity contribution in [3.8, 4) is 56.9 Å². The first-order chi connectivity index (χ1) is 16.1. The van der Waals surface area contributed by atoms with Gasteiger partial charge in [-0.3, -0.25) is 0 Å². The lowest BCUT2D eigenvalue weighted by Crippen LogP contribution is -1.92. The average Bonchev–Trinajstić information content (AvgIpc) is 3.24. The molecule has 0 saturated heterocycles. The highest BCUT2D eigenvalue weighted by molar-refractivity contribution is 6.03. The van der Waals surface area contributed by atoms with E-state index in [9.17, 15) is 0 Å². The van der Waals surface area contributed by atoms with Crippen molar-refractivity contribution in [1.82, 2.24) is 0 Å². The largest absolute Gasteiger partial charge is 0.493 e. The minimum Gasteiger partial charge on any atom is -0.493 e. The van der Waals surface area contributed by atoms with Crippen LogP contribution in [0.2, 0.25) is 0 Å². The fourth-order valence-corrected chi connectivity index (χ4v) is 3.88. The average molecular weight is 450 g/mol. The van der Waals surface area contributed by atoms with Gasteiger partial charge in [0, 0.05) is 22.6 Å². The monoisotopic (exact) mass is 450 g/mol. The van der Waals surface area contributed by atoms with Gasteiger partial charge >= 0.3 is 0 Å². The zero-order chi connectivity index (χ0) is 23.5. The van der Waals surface area contributed by atoms with Crippen molar-refractivity contribution in [3.63, 3.8) is 0 Å². The maximum absolute atomic E-state index is 6.38. The second kappa shape index (κ2) is 9.24. The lowest BCUT2D eigenvalue weighted by molar-refractivity contribution is 0.355. The van der Waals surface area contributed by atoms with Gasteiger partial charge < -0.3 is 32.8 Å². The van der Waals surface area contributed by atoms with E-state index in [1.807, 2.05) is 48.5 Å². The van der Waals surface area contributed by atoms with Crippen molar-refractivity contribution in [3.05, 3.63) is 48.5 Å². The summed E-state index contributed by atoms with van der Waals surface area (Å²) < 4.78 is 39.3. The van der Waals surface area contributed by atoms with Gasteiger partial charge in [-0.25, -0.2) is 0 Å². The topological polar surface area (TPSA) is 68.5 Å². The lowest BCUT2D eigenvalue weighted by atomic mass is 9.97. The Hall–Kier alpha value is -4.00. The lowest BCUT2D eigenvalue weighted by Gasteiger charge is -2.12. The van der Waals surface area contributed by atoms with E-state index in [1.54, 1.807) is 42.7 Å². The predicted octanol–water partition coefficient (Wildman–Crippen LogP) is 5.82. The van der Waals surface area contributed by atoms with Crippen LogP contribution in [0.5, 0.6) is 34.5 Å². The number of hydrogen-bond donors (Lipinski definition) is 0. The Kier molecular flexibility index (Phi) is 6.22. The van der Waals surface area contributed by atoms with Gasteiger partial charge in [-0.1, -0.05) is 6.07 Å². The minimum absolute atomic E-state index is 0.580. The van der Waals surface area contributed by atoms with Crippen LogP contribution in [0.1, 0.15) is 0 Å². The first kappa shape index (κ1) is 22.2. The first-order valence-corrected chi connectivity index (χ1v) is 10.2. The number of hydrogen-bond acceptors (Lipinski definition) is 7. The van der Waals surface area contributed by atoms with Crippen molar-refractivity contribution >= 4 is 11.0 Å². The Labute approximate surface area is 192 Å². The molecule has 3 aromatic carbocycles. The third-order valence-electron chi connectivity index (χ3n) is 5.51. The molecule has 7 heteroatoms. The third kappa shape index (κ3) is 3.86. The van der Waals surface area contributed by atoms with Crippen LogP contribution in [0.3, 0.4) is 0 Å². The summed E-state index contributed by atoms with van der Waals surface area (Å²) in [5.41, 5.74) is 3.25. The van der Waals surface area contributed by atoms with Crippen LogP contribution >= 0.6 is 0 Å². The molecule has 0 amide bonds. The molecule has 172 valence electrons. The number of benzene rings is 3. The molecule has 4 aromatic rings. The van der Waals surface area contributed by atoms with E-state index < -0.39 is 0 Å². The Morgan fingerprint density at radius 3 is 1.48 bits per heavy atom. The van der Waals surface area contributed by atoms with Crippen molar-refractivity contribution in [2.45, 2.75) is 0 Å². The minimum atomic E-state index is 0.580. The van der Waals surface area contributed by atoms with Crippen LogP contribution in [0.4, 0.5) is 0 Å². The van der Waals surface area contributed by atoms with Crippen molar-refractivity contribution in [2.75, 3.05) is 42.7 Å². The smallest absolute Gasteiger partial charge is 0.164 e. The molecule has 0 aliphatic rings. The summed E-state index contributed by atoms with van der Waals surface area (Å²) in [5.74, 6) is 4.33. The molecule has 0 bridgehead atoms. The number of rotatable bonds is 8. The molecule has 0 fully saturated rings. The van der Waals surface area contributed by atoms with Gasteiger partial charge in [-0.15, -0.1) is 0 Å². The van der Waals surface area contributed by atoms with Crippen molar-refractivity contribution in [2.24, 2.45) is 0 Å². The number of methoxy groups -OCH3 is 6. The molecule has 0 spiro atoms. The van der Waals surface area contributed by atoms with E-state index in [2.05, 4.69) is 0 Å². The van der Waals surface area contributed by atoms with Gasteiger partial charge in [0.15, 0.2) is 34.5 Å². The molecule has 0 unspecified atom stereocenters. The number of ether oxygens (including phenoxy) is 6. The zero-order valence-corrected chi connectivity index (χ0v) is 19.5. The highest BCUT2D eigenvalue weighted by Crippen LogP contribution is 2.47.